The third-order valence-corrected chi connectivity index (χ3v) is 7.75. The maximum Gasteiger partial charge on any atom is 0.338 e. The van der Waals surface area contributed by atoms with Crippen molar-refractivity contribution in [1.82, 2.24) is 4.57 Å². The van der Waals surface area contributed by atoms with Gasteiger partial charge in [0, 0.05) is 5.56 Å². The Morgan fingerprint density at radius 2 is 2.00 bits per heavy atom. The van der Waals surface area contributed by atoms with E-state index >= 15 is 0 Å². The molecule has 10 heteroatoms. The summed E-state index contributed by atoms with van der Waals surface area (Å²) in [7, 11) is 1.57. The maximum atomic E-state index is 13.9. The number of carbonyl (C=O) groups excluding carboxylic acids is 1. The molecule has 204 valence electrons. The molecule has 2 heterocycles. The highest BCUT2D eigenvalue weighted by Gasteiger charge is 2.33. The second-order valence-corrected chi connectivity index (χ2v) is 10.5. The van der Waals surface area contributed by atoms with E-state index in [2.05, 4.69) is 27.5 Å². The van der Waals surface area contributed by atoms with E-state index in [1.54, 1.807) is 51.3 Å². The van der Waals surface area contributed by atoms with Crippen LogP contribution in [0.15, 0.2) is 68.5 Å². The number of benzene rings is 2. The van der Waals surface area contributed by atoms with Gasteiger partial charge in [-0.05, 0) is 84.6 Å². The highest BCUT2D eigenvalue weighted by atomic mass is 79.9. The average Bonchev–Trinajstić information content (AvgIpc) is 3.20. The van der Waals surface area contributed by atoms with Crippen LogP contribution < -0.4 is 24.4 Å². The number of halogens is 1. The number of phenols is 1. The molecule has 0 amide bonds. The Morgan fingerprint density at radius 3 is 2.64 bits per heavy atom. The number of aromatic nitrogens is 1. The third kappa shape index (κ3) is 5.58. The van der Waals surface area contributed by atoms with Gasteiger partial charge in [-0.2, -0.15) is 0 Å². The van der Waals surface area contributed by atoms with Crippen molar-refractivity contribution in [3.63, 3.8) is 0 Å². The molecule has 0 spiro atoms. The van der Waals surface area contributed by atoms with Gasteiger partial charge in [-0.3, -0.25) is 9.36 Å². The van der Waals surface area contributed by atoms with Crippen LogP contribution in [0.3, 0.4) is 0 Å². The number of hydrogen-bond donors (Lipinski definition) is 1. The summed E-state index contributed by atoms with van der Waals surface area (Å²) < 4.78 is 19.0. The fourth-order valence-corrected chi connectivity index (χ4v) is 6.07. The number of aromatic hydroxyl groups is 1. The summed E-state index contributed by atoms with van der Waals surface area (Å²) >= 11 is 4.74. The zero-order chi connectivity index (χ0) is 28.3. The van der Waals surface area contributed by atoms with Crippen molar-refractivity contribution in [3.05, 3.63) is 95.1 Å². The van der Waals surface area contributed by atoms with E-state index in [0.717, 1.165) is 0 Å². The monoisotopic (exact) mass is 612 g/mol. The van der Waals surface area contributed by atoms with Gasteiger partial charge >= 0.3 is 5.97 Å². The number of rotatable bonds is 9. The highest BCUT2D eigenvalue weighted by molar-refractivity contribution is 9.10. The molecule has 39 heavy (non-hydrogen) atoms. The number of fused-ring (bicyclic) bond motifs is 1. The second-order valence-electron chi connectivity index (χ2n) is 8.65. The van der Waals surface area contributed by atoms with Crippen LogP contribution in [0.2, 0.25) is 0 Å². The predicted octanol–water partition coefficient (Wildman–Crippen LogP) is 4.40. The van der Waals surface area contributed by atoms with Crippen LogP contribution in [0, 0.1) is 0 Å². The Morgan fingerprint density at radius 1 is 1.23 bits per heavy atom. The Kier molecular flexibility index (Phi) is 8.76. The highest BCUT2D eigenvalue weighted by Crippen LogP contribution is 2.35. The van der Waals surface area contributed by atoms with Gasteiger partial charge in [0.1, 0.15) is 5.75 Å². The molecule has 4 rings (SSSR count). The van der Waals surface area contributed by atoms with Crippen molar-refractivity contribution in [2.75, 3.05) is 20.3 Å². The number of ether oxygens (including phenoxy) is 3. The van der Waals surface area contributed by atoms with Gasteiger partial charge in [-0.15, -0.1) is 6.58 Å². The molecule has 1 atom stereocenters. The molecular weight excluding hydrogens is 584 g/mol. The molecule has 0 bridgehead atoms. The molecule has 2 aromatic carbocycles. The number of hydrogen-bond acceptors (Lipinski definition) is 8. The van der Waals surface area contributed by atoms with E-state index in [1.807, 2.05) is 19.1 Å². The Hall–Kier alpha value is -3.63. The second kappa shape index (κ2) is 12.0. The van der Waals surface area contributed by atoms with Crippen LogP contribution in [0.25, 0.3) is 6.08 Å². The first kappa shape index (κ1) is 28.4. The lowest BCUT2D eigenvalue weighted by atomic mass is 9.96. The zero-order valence-corrected chi connectivity index (χ0v) is 24.5. The lowest BCUT2D eigenvalue weighted by Crippen LogP contribution is -2.40. The van der Waals surface area contributed by atoms with Crippen molar-refractivity contribution < 1.29 is 24.1 Å². The number of carbonyl (C=O) groups is 1. The normalized spacial score (nSPS) is 15.0. The first-order valence-corrected chi connectivity index (χ1v) is 14.0. The fraction of sp³-hybridized carbons (Fsp3) is 0.276. The minimum atomic E-state index is -0.750. The number of methoxy groups -OCH3 is 1. The first-order valence-electron chi connectivity index (χ1n) is 12.4. The number of thiazole rings is 1. The number of phenolic OH excluding ortho intramolecular Hbond substituents is 1. The van der Waals surface area contributed by atoms with Crippen molar-refractivity contribution in [3.8, 4) is 17.2 Å². The van der Waals surface area contributed by atoms with E-state index in [-0.39, 0.29) is 17.9 Å². The third-order valence-electron chi connectivity index (χ3n) is 6.15. The molecule has 0 saturated heterocycles. The lowest BCUT2D eigenvalue weighted by molar-refractivity contribution is -0.139. The van der Waals surface area contributed by atoms with Crippen LogP contribution >= 0.6 is 27.3 Å². The molecule has 0 unspecified atom stereocenters. The average molecular weight is 614 g/mol. The zero-order valence-electron chi connectivity index (χ0n) is 22.1. The summed E-state index contributed by atoms with van der Waals surface area (Å²) in [5, 5.41) is 10.6. The van der Waals surface area contributed by atoms with Crippen LogP contribution in [0.5, 0.6) is 17.2 Å². The van der Waals surface area contributed by atoms with Crippen molar-refractivity contribution in [2.45, 2.75) is 33.2 Å². The van der Waals surface area contributed by atoms with Crippen LogP contribution in [-0.4, -0.2) is 36.0 Å². The molecule has 1 aromatic heterocycles. The maximum absolute atomic E-state index is 13.9. The number of esters is 1. The van der Waals surface area contributed by atoms with Crippen LogP contribution in [-0.2, 0) is 16.0 Å². The van der Waals surface area contributed by atoms with E-state index in [0.29, 0.717) is 66.3 Å². The van der Waals surface area contributed by atoms with Gasteiger partial charge in [0.25, 0.3) is 5.56 Å². The van der Waals surface area contributed by atoms with Crippen molar-refractivity contribution in [2.24, 2.45) is 4.99 Å². The number of nitrogens with zero attached hydrogens (tertiary/aromatic N) is 2. The van der Waals surface area contributed by atoms with Gasteiger partial charge in [0.05, 0.1) is 46.6 Å². The predicted molar refractivity (Wildman–Crippen MR) is 154 cm³/mol. The first-order chi connectivity index (χ1) is 18.7. The van der Waals surface area contributed by atoms with Gasteiger partial charge in [0.2, 0.25) is 0 Å². The SMILES string of the molecule is C=CCc1cc(/C=c2/sc3n(c2=O)[C@H](c2ccc(OC)c(Br)c2)C(C(=O)OCC)=C(C)N=3)cc(OCC)c1O. The van der Waals surface area contributed by atoms with Gasteiger partial charge in [0.15, 0.2) is 16.3 Å². The van der Waals surface area contributed by atoms with E-state index in [4.69, 9.17) is 14.2 Å². The quantitative estimate of drug-likeness (QED) is 0.284. The summed E-state index contributed by atoms with van der Waals surface area (Å²) in [4.78, 5) is 32.1. The summed E-state index contributed by atoms with van der Waals surface area (Å²) in [6.45, 7) is 9.63. The molecule has 1 aliphatic rings. The molecule has 0 saturated carbocycles. The van der Waals surface area contributed by atoms with Crippen molar-refractivity contribution in [1.29, 1.82) is 0 Å². The molecule has 0 aliphatic carbocycles. The van der Waals surface area contributed by atoms with Crippen molar-refractivity contribution >= 4 is 39.3 Å². The summed E-state index contributed by atoms with van der Waals surface area (Å²) in [5.74, 6) is 0.476. The molecule has 8 nitrogen and oxygen atoms in total. The molecular formula is C29H29BrN2O6S. The summed E-state index contributed by atoms with van der Waals surface area (Å²) in [5.41, 5.74) is 2.49. The fourth-order valence-electron chi connectivity index (χ4n) is 4.46. The lowest BCUT2D eigenvalue weighted by Gasteiger charge is -2.25. The molecule has 1 aliphatic heterocycles. The van der Waals surface area contributed by atoms with E-state index < -0.39 is 12.0 Å². The van der Waals surface area contributed by atoms with Crippen LogP contribution in [0.1, 0.15) is 43.5 Å². The standard InChI is InChI=1S/C29H29BrN2O6S/c1-6-9-19-12-17(13-22(26(19)33)37-7-2)14-23-27(34)32-25(18-10-11-21(36-5)20(30)15-18)24(28(35)38-8-3)16(4)31-29(32)39-23/h6,10-15,25,33H,1,7-9H2,2-5H3/b23-14+/t25-/m1/s1. The Labute approximate surface area is 238 Å². The molecule has 0 radical (unpaired) electrons. The molecule has 3 aromatic rings. The largest absolute Gasteiger partial charge is 0.504 e. The Balaban J connectivity index is 1.95. The van der Waals surface area contributed by atoms with E-state index in [9.17, 15) is 14.7 Å². The van der Waals surface area contributed by atoms with Gasteiger partial charge < -0.3 is 19.3 Å². The van der Waals surface area contributed by atoms with E-state index in [1.165, 1.54) is 15.9 Å². The van der Waals surface area contributed by atoms with Crippen LogP contribution in [0.4, 0.5) is 0 Å². The topological polar surface area (TPSA) is 99.4 Å². The smallest absolute Gasteiger partial charge is 0.338 e. The van der Waals surface area contributed by atoms with Gasteiger partial charge in [-0.25, -0.2) is 9.79 Å². The minimum absolute atomic E-state index is 0.0511. The summed E-state index contributed by atoms with van der Waals surface area (Å²) in [6, 6.07) is 8.16. The number of allylic oxidation sites excluding steroid dienone is 2. The summed E-state index contributed by atoms with van der Waals surface area (Å²) in [6.07, 6.45) is 3.86. The Bertz CT molecular complexity index is 1650. The molecule has 1 N–H and O–H groups in total. The minimum Gasteiger partial charge on any atom is -0.504 e. The van der Waals surface area contributed by atoms with Gasteiger partial charge in [-0.1, -0.05) is 23.5 Å². The molecule has 0 fully saturated rings.